The molecule has 0 aromatic heterocycles. The summed E-state index contributed by atoms with van der Waals surface area (Å²) in [5.74, 6) is -0.779. The third kappa shape index (κ3) is 1.97. The number of fused-ring (bicyclic) bond motifs is 1. The number of carboxylic acids is 1. The molecule has 3 heteroatoms. The molecule has 0 fully saturated rings. The van der Waals surface area contributed by atoms with Crippen molar-refractivity contribution in [3.8, 4) is 0 Å². The molecule has 1 N–H and O–H groups in total. The van der Waals surface area contributed by atoms with Crippen LogP contribution in [0.25, 0.3) is 0 Å². The molecule has 2 nitrogen and oxygen atoms in total. The highest BCUT2D eigenvalue weighted by molar-refractivity contribution is 6.77. The number of carboxylic acid groups (broad SMARTS) is 1. The van der Waals surface area contributed by atoms with Gasteiger partial charge in [-0.25, -0.2) is 4.79 Å². The Morgan fingerprint density at radius 1 is 1.40 bits per heavy atom. The normalized spacial score (nSPS) is 18.3. The van der Waals surface area contributed by atoms with Crippen molar-refractivity contribution in [1.82, 2.24) is 0 Å². The van der Waals surface area contributed by atoms with E-state index < -0.39 is 14.0 Å². The minimum atomic E-state index is -1.18. The fourth-order valence-corrected chi connectivity index (χ4v) is 4.82. The number of benzene rings is 1. The summed E-state index contributed by atoms with van der Waals surface area (Å²) in [7, 11) is -1.18. The van der Waals surface area contributed by atoms with Crippen LogP contribution in [0.1, 0.15) is 21.5 Å². The molecule has 0 atom stereocenters. The largest absolute Gasteiger partial charge is 0.478 e. The fourth-order valence-electron chi connectivity index (χ4n) is 2.32. The van der Waals surface area contributed by atoms with Crippen LogP contribution in [0.3, 0.4) is 0 Å². The summed E-state index contributed by atoms with van der Waals surface area (Å²) in [4.78, 5) is 11.1. The molecular weight excluding hydrogens is 204 g/mol. The molecule has 1 heterocycles. The Morgan fingerprint density at radius 3 is 2.80 bits per heavy atom. The van der Waals surface area contributed by atoms with E-state index in [1.807, 2.05) is 6.07 Å². The molecule has 1 aliphatic rings. The molecule has 1 aromatic carbocycles. The van der Waals surface area contributed by atoms with E-state index in [1.54, 1.807) is 6.07 Å². The van der Waals surface area contributed by atoms with Gasteiger partial charge in [-0.1, -0.05) is 31.3 Å². The summed E-state index contributed by atoms with van der Waals surface area (Å²) in [5, 5.41) is 9.13. The minimum Gasteiger partial charge on any atom is -0.478 e. The lowest BCUT2D eigenvalue weighted by atomic mass is 10.00. The molecule has 0 aliphatic carbocycles. The molecule has 2 rings (SSSR count). The standard InChI is InChI=1S/C12H16O2Si/c1-15(2)7-6-9-4-3-5-10(12(13)14)11(9)8-15/h3-5H,6-8H2,1-2H3,(H,13,14). The lowest BCUT2D eigenvalue weighted by Crippen LogP contribution is -2.34. The van der Waals surface area contributed by atoms with Gasteiger partial charge in [-0.2, -0.15) is 0 Å². The Morgan fingerprint density at radius 2 is 2.13 bits per heavy atom. The van der Waals surface area contributed by atoms with Gasteiger partial charge in [-0.15, -0.1) is 0 Å². The van der Waals surface area contributed by atoms with Crippen LogP contribution < -0.4 is 0 Å². The van der Waals surface area contributed by atoms with Crippen molar-refractivity contribution in [1.29, 1.82) is 0 Å². The molecule has 0 saturated carbocycles. The van der Waals surface area contributed by atoms with Crippen molar-refractivity contribution >= 4 is 14.0 Å². The van der Waals surface area contributed by atoms with Crippen molar-refractivity contribution in [2.75, 3.05) is 0 Å². The monoisotopic (exact) mass is 220 g/mol. The predicted octanol–water partition coefficient (Wildman–Crippen LogP) is 2.73. The number of hydrogen-bond acceptors (Lipinski definition) is 1. The van der Waals surface area contributed by atoms with E-state index in [-0.39, 0.29) is 0 Å². The molecule has 80 valence electrons. The van der Waals surface area contributed by atoms with Gasteiger partial charge in [0.1, 0.15) is 0 Å². The highest BCUT2D eigenvalue weighted by Crippen LogP contribution is 2.30. The molecule has 15 heavy (non-hydrogen) atoms. The first-order valence-corrected chi connectivity index (χ1v) is 8.75. The molecular formula is C12H16O2Si. The Labute approximate surface area is 91.0 Å². The van der Waals surface area contributed by atoms with Crippen LogP contribution in [-0.4, -0.2) is 19.1 Å². The van der Waals surface area contributed by atoms with E-state index in [9.17, 15) is 4.79 Å². The second kappa shape index (κ2) is 3.49. The first kappa shape index (κ1) is 10.4. The highest BCUT2D eigenvalue weighted by atomic mass is 28.3. The second-order valence-corrected chi connectivity index (χ2v) is 10.3. The first-order valence-electron chi connectivity index (χ1n) is 5.34. The van der Waals surface area contributed by atoms with Gasteiger partial charge in [-0.3, -0.25) is 0 Å². The number of carbonyl (C=O) groups is 1. The van der Waals surface area contributed by atoms with Crippen LogP contribution in [0.4, 0.5) is 0 Å². The second-order valence-electron chi connectivity index (χ2n) is 5.09. The Bertz CT molecular complexity index is 410. The summed E-state index contributed by atoms with van der Waals surface area (Å²) in [6, 6.07) is 7.97. The third-order valence-corrected chi connectivity index (χ3v) is 6.14. The van der Waals surface area contributed by atoms with Crippen LogP contribution in [-0.2, 0) is 12.5 Å². The van der Waals surface area contributed by atoms with E-state index in [4.69, 9.17) is 5.11 Å². The molecule has 0 bridgehead atoms. The quantitative estimate of drug-likeness (QED) is 0.739. The summed E-state index contributed by atoms with van der Waals surface area (Å²) in [5.41, 5.74) is 2.88. The van der Waals surface area contributed by atoms with Crippen LogP contribution in [0.5, 0.6) is 0 Å². The average Bonchev–Trinajstić information content (AvgIpc) is 2.15. The lowest BCUT2D eigenvalue weighted by Gasteiger charge is -2.30. The van der Waals surface area contributed by atoms with E-state index in [0.717, 1.165) is 18.0 Å². The van der Waals surface area contributed by atoms with Crippen molar-refractivity contribution < 1.29 is 9.90 Å². The predicted molar refractivity (Wildman–Crippen MR) is 63.1 cm³/mol. The fraction of sp³-hybridized carbons (Fsp3) is 0.417. The summed E-state index contributed by atoms with van der Waals surface area (Å²) >= 11 is 0. The van der Waals surface area contributed by atoms with Gasteiger partial charge in [0.05, 0.1) is 13.6 Å². The summed E-state index contributed by atoms with van der Waals surface area (Å²) < 4.78 is 0. The zero-order valence-corrected chi connectivity index (χ0v) is 10.2. The Hall–Kier alpha value is -1.09. The maximum absolute atomic E-state index is 11.1. The van der Waals surface area contributed by atoms with Gasteiger partial charge in [-0.05, 0) is 29.7 Å². The molecule has 0 unspecified atom stereocenters. The number of aryl methyl sites for hydroxylation is 1. The molecule has 0 spiro atoms. The Balaban J connectivity index is 2.50. The molecule has 1 aromatic rings. The summed E-state index contributed by atoms with van der Waals surface area (Å²) in [6.45, 7) is 4.68. The van der Waals surface area contributed by atoms with Crippen LogP contribution in [0.2, 0.25) is 19.1 Å². The van der Waals surface area contributed by atoms with E-state index in [2.05, 4.69) is 19.2 Å². The van der Waals surface area contributed by atoms with Gasteiger partial charge in [0, 0.05) is 0 Å². The minimum absolute atomic E-state index is 0.521. The van der Waals surface area contributed by atoms with Crippen molar-refractivity contribution in [2.45, 2.75) is 31.6 Å². The molecule has 0 saturated heterocycles. The lowest BCUT2D eigenvalue weighted by molar-refractivity contribution is 0.0696. The van der Waals surface area contributed by atoms with Gasteiger partial charge in [0.15, 0.2) is 0 Å². The van der Waals surface area contributed by atoms with Crippen LogP contribution in [0, 0.1) is 0 Å². The summed E-state index contributed by atoms with van der Waals surface area (Å²) in [6.07, 6.45) is 1.07. The SMILES string of the molecule is C[Si]1(C)CCc2cccc(C(=O)O)c2C1. The molecule has 1 aliphatic heterocycles. The zero-order valence-electron chi connectivity index (χ0n) is 9.21. The average molecular weight is 220 g/mol. The van der Waals surface area contributed by atoms with Crippen molar-refractivity contribution in [3.05, 3.63) is 34.9 Å². The zero-order chi connectivity index (χ0) is 11.1. The van der Waals surface area contributed by atoms with E-state index in [1.165, 1.54) is 11.6 Å². The van der Waals surface area contributed by atoms with Crippen molar-refractivity contribution in [2.24, 2.45) is 0 Å². The number of aromatic carboxylic acids is 1. The molecule has 0 radical (unpaired) electrons. The first-order chi connectivity index (χ1) is 6.99. The number of hydrogen-bond donors (Lipinski definition) is 1. The highest BCUT2D eigenvalue weighted by Gasteiger charge is 2.29. The van der Waals surface area contributed by atoms with Crippen LogP contribution >= 0.6 is 0 Å². The smallest absolute Gasteiger partial charge is 0.335 e. The van der Waals surface area contributed by atoms with Crippen LogP contribution in [0.15, 0.2) is 18.2 Å². The van der Waals surface area contributed by atoms with Gasteiger partial charge < -0.3 is 5.11 Å². The number of rotatable bonds is 1. The van der Waals surface area contributed by atoms with Gasteiger partial charge in [0.25, 0.3) is 0 Å². The van der Waals surface area contributed by atoms with Crippen molar-refractivity contribution in [3.63, 3.8) is 0 Å². The van der Waals surface area contributed by atoms with E-state index in [0.29, 0.717) is 5.56 Å². The molecule has 0 amide bonds. The van der Waals surface area contributed by atoms with Gasteiger partial charge in [0.2, 0.25) is 0 Å². The Kier molecular flexibility index (Phi) is 2.42. The topological polar surface area (TPSA) is 37.3 Å². The maximum atomic E-state index is 11.1. The van der Waals surface area contributed by atoms with E-state index >= 15 is 0 Å². The third-order valence-electron chi connectivity index (χ3n) is 3.23. The maximum Gasteiger partial charge on any atom is 0.335 e. The van der Waals surface area contributed by atoms with Gasteiger partial charge >= 0.3 is 5.97 Å².